The minimum Gasteiger partial charge on any atom is -0.490 e. The maximum Gasteiger partial charge on any atom is 0.231 e. The molecule has 0 aliphatic heterocycles. The number of ether oxygens (including phenoxy) is 1. The predicted molar refractivity (Wildman–Crippen MR) is 126 cm³/mol. The van der Waals surface area contributed by atoms with Gasteiger partial charge in [-0.2, -0.15) is 5.26 Å². The lowest BCUT2D eigenvalue weighted by Crippen LogP contribution is -2.21. The number of benzene rings is 2. The van der Waals surface area contributed by atoms with E-state index >= 15 is 0 Å². The molecule has 0 fully saturated rings. The first-order valence-electron chi connectivity index (χ1n) is 10.6. The Bertz CT molecular complexity index is 1130. The van der Waals surface area contributed by atoms with E-state index < -0.39 is 5.91 Å². The Labute approximate surface area is 192 Å². The monoisotopic (exact) mass is 449 g/mol. The van der Waals surface area contributed by atoms with Crippen LogP contribution in [0.4, 0.5) is 0 Å². The van der Waals surface area contributed by atoms with Crippen molar-refractivity contribution < 1.29 is 9.53 Å². The van der Waals surface area contributed by atoms with Gasteiger partial charge in [-0.15, -0.1) is 10.2 Å². The molecule has 166 valence electrons. The van der Waals surface area contributed by atoms with Crippen molar-refractivity contribution in [1.29, 1.82) is 5.26 Å². The minimum absolute atomic E-state index is 0.0281. The van der Waals surface area contributed by atoms with Gasteiger partial charge in [0.25, 0.3) is 0 Å². The fourth-order valence-corrected chi connectivity index (χ4v) is 4.43. The molecule has 0 saturated heterocycles. The SMILES string of the molecule is CC(C)Oc1ccc(-c2nnc(-c3cccc4c3CCCC4)s2)cc1C#N.NCC(N)=O. The highest BCUT2D eigenvalue weighted by Crippen LogP contribution is 2.36. The largest absolute Gasteiger partial charge is 0.490 e. The van der Waals surface area contributed by atoms with Gasteiger partial charge in [-0.1, -0.05) is 29.5 Å². The zero-order valence-electron chi connectivity index (χ0n) is 18.3. The highest BCUT2D eigenvalue weighted by atomic mass is 32.1. The Kier molecular flexibility index (Phi) is 7.92. The number of aryl methyl sites for hydroxylation is 1. The van der Waals surface area contributed by atoms with Gasteiger partial charge in [-0.05, 0) is 68.9 Å². The van der Waals surface area contributed by atoms with Gasteiger partial charge in [0.15, 0.2) is 0 Å². The van der Waals surface area contributed by atoms with E-state index in [0.29, 0.717) is 11.3 Å². The summed E-state index contributed by atoms with van der Waals surface area (Å²) in [6.07, 6.45) is 4.79. The Balaban J connectivity index is 0.000000523. The van der Waals surface area contributed by atoms with Crippen LogP contribution in [0.1, 0.15) is 43.4 Å². The molecule has 0 unspecified atom stereocenters. The summed E-state index contributed by atoms with van der Waals surface area (Å²) >= 11 is 1.58. The fraction of sp³-hybridized carbons (Fsp3) is 0.333. The highest BCUT2D eigenvalue weighted by molar-refractivity contribution is 7.17. The van der Waals surface area contributed by atoms with Crippen LogP contribution >= 0.6 is 11.3 Å². The minimum atomic E-state index is -0.468. The standard InChI is InChI=1S/C22H21N3OS.C2H6N2O/c1-14(2)26-20-11-10-16(12-17(20)13-23)21-24-25-22(27-21)19-9-5-7-15-6-3-4-8-18(15)19;3-1-2(4)5/h5,7,9-12,14H,3-4,6,8H2,1-2H3;1,3H2,(H2,4,5). The molecule has 8 heteroatoms. The number of primary amides is 1. The number of hydrogen-bond acceptors (Lipinski definition) is 7. The molecule has 1 aliphatic carbocycles. The normalized spacial score (nSPS) is 12.3. The molecule has 1 aromatic heterocycles. The molecule has 0 saturated carbocycles. The molecule has 1 aliphatic rings. The number of amides is 1. The number of aromatic nitrogens is 2. The van der Waals surface area contributed by atoms with Gasteiger partial charge in [0.05, 0.1) is 18.2 Å². The van der Waals surface area contributed by atoms with Crippen LogP contribution in [-0.4, -0.2) is 28.8 Å². The zero-order valence-corrected chi connectivity index (χ0v) is 19.1. The highest BCUT2D eigenvalue weighted by Gasteiger charge is 2.18. The Morgan fingerprint density at radius 1 is 1.19 bits per heavy atom. The third-order valence-electron chi connectivity index (χ3n) is 4.96. The van der Waals surface area contributed by atoms with Crippen LogP contribution in [0.3, 0.4) is 0 Å². The lowest BCUT2D eigenvalue weighted by Gasteiger charge is -2.17. The molecule has 1 amide bonds. The number of carbonyl (C=O) groups excluding carboxylic acids is 1. The molecule has 0 spiro atoms. The van der Waals surface area contributed by atoms with Crippen LogP contribution in [0, 0.1) is 11.3 Å². The summed E-state index contributed by atoms with van der Waals surface area (Å²) in [4.78, 5) is 9.47. The fourth-order valence-electron chi connectivity index (χ4n) is 3.54. The maximum absolute atomic E-state index is 9.47. The van der Waals surface area contributed by atoms with Crippen molar-refractivity contribution in [2.45, 2.75) is 45.6 Å². The van der Waals surface area contributed by atoms with Crippen LogP contribution in [0.5, 0.6) is 5.75 Å². The van der Waals surface area contributed by atoms with Crippen LogP contribution in [0.2, 0.25) is 0 Å². The molecule has 4 N–H and O–H groups in total. The van der Waals surface area contributed by atoms with E-state index in [1.165, 1.54) is 29.5 Å². The third kappa shape index (κ3) is 5.69. The number of nitrogens with zero attached hydrogens (tertiary/aromatic N) is 3. The third-order valence-corrected chi connectivity index (χ3v) is 5.97. The summed E-state index contributed by atoms with van der Waals surface area (Å²) in [5.41, 5.74) is 14.7. The second kappa shape index (κ2) is 10.8. The molecule has 2 aromatic carbocycles. The maximum atomic E-state index is 9.47. The number of nitrogens with two attached hydrogens (primary N) is 2. The van der Waals surface area contributed by atoms with Gasteiger partial charge < -0.3 is 16.2 Å². The molecule has 4 rings (SSSR count). The van der Waals surface area contributed by atoms with Crippen LogP contribution in [0.15, 0.2) is 36.4 Å². The summed E-state index contributed by atoms with van der Waals surface area (Å²) in [7, 11) is 0. The first-order chi connectivity index (χ1) is 15.4. The van der Waals surface area contributed by atoms with Gasteiger partial charge in [-0.3, -0.25) is 4.79 Å². The average Bonchev–Trinajstić information content (AvgIpc) is 3.29. The number of nitriles is 1. The smallest absolute Gasteiger partial charge is 0.231 e. The number of fused-ring (bicyclic) bond motifs is 1. The van der Waals surface area contributed by atoms with E-state index in [1.54, 1.807) is 11.3 Å². The number of carbonyl (C=O) groups is 1. The molecule has 32 heavy (non-hydrogen) atoms. The predicted octanol–water partition coefficient (Wildman–Crippen LogP) is 3.84. The molecule has 3 aromatic rings. The van der Waals surface area contributed by atoms with Crippen molar-refractivity contribution in [2.24, 2.45) is 11.5 Å². The van der Waals surface area contributed by atoms with Crippen LogP contribution in [-0.2, 0) is 17.6 Å². The van der Waals surface area contributed by atoms with E-state index in [9.17, 15) is 10.1 Å². The molecule has 0 bridgehead atoms. The van der Waals surface area contributed by atoms with E-state index in [2.05, 4.69) is 40.2 Å². The lowest BCUT2D eigenvalue weighted by atomic mass is 9.88. The van der Waals surface area contributed by atoms with Crippen LogP contribution in [0.25, 0.3) is 21.1 Å². The zero-order chi connectivity index (χ0) is 23.1. The van der Waals surface area contributed by atoms with Crippen molar-refractivity contribution in [1.82, 2.24) is 10.2 Å². The van der Waals surface area contributed by atoms with E-state index in [1.807, 2.05) is 32.0 Å². The molecule has 0 atom stereocenters. The quantitative estimate of drug-likeness (QED) is 0.609. The Hall–Kier alpha value is -3.28. The van der Waals surface area contributed by atoms with Gasteiger partial charge in [-0.25, -0.2) is 0 Å². The van der Waals surface area contributed by atoms with Gasteiger partial charge in [0.2, 0.25) is 5.91 Å². The van der Waals surface area contributed by atoms with E-state index in [-0.39, 0.29) is 12.6 Å². The summed E-state index contributed by atoms with van der Waals surface area (Å²) in [5, 5.41) is 20.1. The number of hydrogen-bond donors (Lipinski definition) is 2. The molecule has 0 radical (unpaired) electrons. The average molecular weight is 450 g/mol. The summed E-state index contributed by atoms with van der Waals surface area (Å²) < 4.78 is 5.71. The second-order valence-corrected chi connectivity index (χ2v) is 8.70. The van der Waals surface area contributed by atoms with Crippen LogP contribution < -0.4 is 16.2 Å². The summed E-state index contributed by atoms with van der Waals surface area (Å²) in [6, 6.07) is 14.3. The molecule has 1 heterocycles. The first-order valence-corrected chi connectivity index (χ1v) is 11.4. The first kappa shape index (κ1) is 23.4. The Morgan fingerprint density at radius 2 is 1.91 bits per heavy atom. The van der Waals surface area contributed by atoms with Gasteiger partial charge in [0, 0.05) is 11.1 Å². The van der Waals surface area contributed by atoms with Crippen molar-refractivity contribution in [3.8, 4) is 33.0 Å². The topological polar surface area (TPSA) is 128 Å². The number of rotatable bonds is 5. The van der Waals surface area contributed by atoms with E-state index in [4.69, 9.17) is 10.5 Å². The Morgan fingerprint density at radius 3 is 2.59 bits per heavy atom. The molecular weight excluding hydrogens is 422 g/mol. The summed E-state index contributed by atoms with van der Waals surface area (Å²) in [6.45, 7) is 3.85. The van der Waals surface area contributed by atoms with Crippen molar-refractivity contribution >= 4 is 17.2 Å². The van der Waals surface area contributed by atoms with Crippen molar-refractivity contribution in [2.75, 3.05) is 6.54 Å². The van der Waals surface area contributed by atoms with Gasteiger partial charge in [0.1, 0.15) is 21.8 Å². The van der Waals surface area contributed by atoms with Crippen molar-refractivity contribution in [3.05, 3.63) is 53.1 Å². The lowest BCUT2D eigenvalue weighted by molar-refractivity contribution is -0.116. The molecular formula is C24H27N5O2S. The molecule has 7 nitrogen and oxygen atoms in total. The van der Waals surface area contributed by atoms with E-state index in [0.717, 1.165) is 28.4 Å². The van der Waals surface area contributed by atoms with Crippen molar-refractivity contribution in [3.63, 3.8) is 0 Å². The summed E-state index contributed by atoms with van der Waals surface area (Å²) in [5.74, 6) is 0.142. The second-order valence-electron chi connectivity index (χ2n) is 7.72. The van der Waals surface area contributed by atoms with Gasteiger partial charge >= 0.3 is 0 Å².